The van der Waals surface area contributed by atoms with E-state index in [2.05, 4.69) is 9.80 Å². The number of carbonyl (C=O) groups is 2. The molecule has 0 aromatic heterocycles. The summed E-state index contributed by atoms with van der Waals surface area (Å²) >= 11 is 0. The number of aliphatic carboxylic acids is 1. The maximum atomic E-state index is 12.3. The van der Waals surface area contributed by atoms with Gasteiger partial charge in [0.05, 0.1) is 12.1 Å². The van der Waals surface area contributed by atoms with Gasteiger partial charge >= 0.3 is 12.1 Å². The van der Waals surface area contributed by atoms with Crippen molar-refractivity contribution in [2.45, 2.75) is 56.8 Å². The minimum absolute atomic E-state index is 0.275. The largest absolute Gasteiger partial charge is 0.490 e. The van der Waals surface area contributed by atoms with E-state index in [1.807, 2.05) is 0 Å². The number of halogens is 3. The van der Waals surface area contributed by atoms with Crippen molar-refractivity contribution in [3.05, 3.63) is 0 Å². The van der Waals surface area contributed by atoms with Crippen LogP contribution in [-0.4, -0.2) is 91.1 Å². The van der Waals surface area contributed by atoms with Gasteiger partial charge in [-0.05, 0) is 43.9 Å². The summed E-state index contributed by atoms with van der Waals surface area (Å²) < 4.78 is 43.4. The predicted molar refractivity (Wildman–Crippen MR) is 101 cm³/mol. The van der Waals surface area contributed by atoms with Crippen molar-refractivity contribution in [1.29, 1.82) is 0 Å². The summed E-state index contributed by atoms with van der Waals surface area (Å²) in [4.78, 5) is 25.9. The molecule has 0 radical (unpaired) electrons. The fourth-order valence-electron chi connectivity index (χ4n) is 5.00. The third-order valence-corrected chi connectivity index (χ3v) is 6.42. The van der Waals surface area contributed by atoms with Gasteiger partial charge in [0.15, 0.2) is 0 Å². The molecule has 0 aromatic carbocycles. The molecule has 7 nitrogen and oxygen atoms in total. The number of alkyl halides is 3. The minimum Gasteiger partial charge on any atom is -0.475 e. The van der Waals surface area contributed by atoms with E-state index in [9.17, 15) is 18.0 Å². The molecule has 0 bridgehead atoms. The van der Waals surface area contributed by atoms with Gasteiger partial charge in [-0.3, -0.25) is 4.79 Å². The van der Waals surface area contributed by atoms with E-state index in [-0.39, 0.29) is 12.1 Å². The highest BCUT2D eigenvalue weighted by Crippen LogP contribution is 2.33. The van der Waals surface area contributed by atoms with Gasteiger partial charge in [-0.2, -0.15) is 13.2 Å². The number of likely N-dealkylation sites (tertiary alicyclic amines) is 2. The number of ether oxygens (including phenoxy) is 2. The Morgan fingerprint density at radius 2 is 1.80 bits per heavy atom. The molecule has 4 rings (SSSR count). The number of fused-ring (bicyclic) bond motifs is 1. The molecule has 1 N–H and O–H groups in total. The molecule has 10 heteroatoms. The zero-order chi connectivity index (χ0) is 21.7. The number of carboxylic acid groups (broad SMARTS) is 1. The van der Waals surface area contributed by atoms with Crippen molar-refractivity contribution in [3.8, 4) is 0 Å². The van der Waals surface area contributed by atoms with Crippen LogP contribution < -0.4 is 0 Å². The first-order valence-corrected chi connectivity index (χ1v) is 10.8. The summed E-state index contributed by atoms with van der Waals surface area (Å²) in [7, 11) is 0. The average molecular weight is 436 g/mol. The summed E-state index contributed by atoms with van der Waals surface area (Å²) in [6, 6.07) is 0.281. The summed E-state index contributed by atoms with van der Waals surface area (Å²) in [5.41, 5.74) is 0. The first-order valence-electron chi connectivity index (χ1n) is 10.8. The molecule has 1 amide bonds. The second-order valence-electron chi connectivity index (χ2n) is 8.57. The van der Waals surface area contributed by atoms with E-state index in [1.165, 1.54) is 32.2 Å². The molecular weight excluding hydrogens is 405 g/mol. The Labute approximate surface area is 174 Å². The highest BCUT2D eigenvalue weighted by Gasteiger charge is 2.44. The Hall–Kier alpha value is -1.39. The van der Waals surface area contributed by atoms with E-state index >= 15 is 0 Å². The van der Waals surface area contributed by atoms with Crippen LogP contribution in [0.5, 0.6) is 0 Å². The van der Waals surface area contributed by atoms with E-state index < -0.39 is 12.1 Å². The Kier molecular flexibility index (Phi) is 7.98. The fraction of sp³-hybridized carbons (Fsp3) is 0.900. The number of carboxylic acids is 1. The van der Waals surface area contributed by atoms with Crippen LogP contribution in [0.1, 0.15) is 38.5 Å². The van der Waals surface area contributed by atoms with Crippen LogP contribution in [0.2, 0.25) is 0 Å². The summed E-state index contributed by atoms with van der Waals surface area (Å²) in [6.45, 7) is 6.97. The molecule has 30 heavy (non-hydrogen) atoms. The Morgan fingerprint density at radius 3 is 2.40 bits per heavy atom. The van der Waals surface area contributed by atoms with Gasteiger partial charge in [-0.1, -0.05) is 0 Å². The van der Waals surface area contributed by atoms with Gasteiger partial charge in [0.1, 0.15) is 0 Å². The number of piperidine rings is 1. The molecule has 4 saturated heterocycles. The number of nitrogens with zero attached hydrogens (tertiary/aromatic N) is 2. The third kappa shape index (κ3) is 6.07. The molecule has 0 saturated carbocycles. The summed E-state index contributed by atoms with van der Waals surface area (Å²) in [5.74, 6) is -1.04. The van der Waals surface area contributed by atoms with Crippen molar-refractivity contribution in [2.24, 2.45) is 11.8 Å². The average Bonchev–Trinajstić information content (AvgIpc) is 3.13. The number of hydrogen-bond acceptors (Lipinski definition) is 5. The molecule has 3 atom stereocenters. The first kappa shape index (κ1) is 23.3. The van der Waals surface area contributed by atoms with Crippen LogP contribution >= 0.6 is 0 Å². The number of carbonyl (C=O) groups excluding carboxylic acids is 1. The van der Waals surface area contributed by atoms with Crippen molar-refractivity contribution in [3.63, 3.8) is 0 Å². The monoisotopic (exact) mass is 436 g/mol. The molecule has 0 spiro atoms. The van der Waals surface area contributed by atoms with Gasteiger partial charge < -0.3 is 24.4 Å². The quantitative estimate of drug-likeness (QED) is 0.731. The molecule has 4 heterocycles. The van der Waals surface area contributed by atoms with Crippen LogP contribution in [-0.2, 0) is 19.1 Å². The lowest BCUT2D eigenvalue weighted by atomic mass is 9.84. The van der Waals surface area contributed by atoms with Gasteiger partial charge in [0.2, 0.25) is 5.91 Å². The summed E-state index contributed by atoms with van der Waals surface area (Å²) in [6.07, 6.45) is 1.75. The zero-order valence-electron chi connectivity index (χ0n) is 17.1. The summed E-state index contributed by atoms with van der Waals surface area (Å²) in [5, 5.41) is 7.12. The Morgan fingerprint density at radius 1 is 1.10 bits per heavy atom. The van der Waals surface area contributed by atoms with E-state index in [4.69, 9.17) is 19.4 Å². The van der Waals surface area contributed by atoms with Crippen molar-refractivity contribution in [1.82, 2.24) is 9.80 Å². The SMILES string of the molecule is O=C(O)C(F)(F)F.O=C1CCCN1[C@@H]1CN(CC2CCOCC2)C[C@@H]2CCCO[C@@H]21. The van der Waals surface area contributed by atoms with Crippen LogP contribution in [0.25, 0.3) is 0 Å². The number of rotatable bonds is 3. The van der Waals surface area contributed by atoms with E-state index in [1.54, 1.807) is 0 Å². The van der Waals surface area contributed by atoms with Crippen molar-refractivity contribution < 1.29 is 37.3 Å². The molecular formula is C20H31F3N2O5. The standard InChI is InChI=1S/C18H30N2O3.C2HF3O2/c21-17-4-1-7-20(17)16-13-19(11-14-5-9-22-10-6-14)12-15-3-2-8-23-18(15)16;3-2(4,5)1(6)7/h14-16,18H,1-13H2;(H,6,7)/t15-,16+,18-;/m0./s1. The zero-order valence-corrected chi connectivity index (χ0v) is 17.1. The molecule has 4 aliphatic rings. The molecule has 4 aliphatic heterocycles. The second kappa shape index (κ2) is 10.3. The van der Waals surface area contributed by atoms with E-state index in [0.717, 1.165) is 58.2 Å². The minimum atomic E-state index is -5.08. The molecule has 4 fully saturated rings. The topological polar surface area (TPSA) is 79.3 Å². The van der Waals surface area contributed by atoms with Crippen molar-refractivity contribution in [2.75, 3.05) is 46.0 Å². The maximum absolute atomic E-state index is 12.3. The third-order valence-electron chi connectivity index (χ3n) is 6.42. The Bertz CT molecular complexity index is 595. The highest BCUT2D eigenvalue weighted by molar-refractivity contribution is 5.78. The van der Waals surface area contributed by atoms with Crippen LogP contribution in [0.4, 0.5) is 13.2 Å². The predicted octanol–water partition coefficient (Wildman–Crippen LogP) is 2.15. The lowest BCUT2D eigenvalue weighted by Crippen LogP contribution is -2.61. The lowest BCUT2D eigenvalue weighted by molar-refractivity contribution is -0.192. The van der Waals surface area contributed by atoms with Gasteiger partial charge in [0.25, 0.3) is 0 Å². The Balaban J connectivity index is 0.000000318. The van der Waals surface area contributed by atoms with Crippen LogP contribution in [0.15, 0.2) is 0 Å². The number of amides is 1. The van der Waals surface area contributed by atoms with Crippen LogP contribution in [0, 0.1) is 11.8 Å². The fourth-order valence-corrected chi connectivity index (χ4v) is 5.00. The van der Waals surface area contributed by atoms with Crippen LogP contribution in [0.3, 0.4) is 0 Å². The van der Waals surface area contributed by atoms with Gasteiger partial charge in [0, 0.05) is 52.4 Å². The van der Waals surface area contributed by atoms with Crippen molar-refractivity contribution >= 4 is 11.9 Å². The normalized spacial score (nSPS) is 31.1. The lowest BCUT2D eigenvalue weighted by Gasteiger charge is -2.49. The smallest absolute Gasteiger partial charge is 0.475 e. The van der Waals surface area contributed by atoms with E-state index in [0.29, 0.717) is 11.8 Å². The first-order chi connectivity index (χ1) is 14.3. The molecule has 172 valence electrons. The number of hydrogen-bond donors (Lipinski definition) is 1. The molecule has 0 aliphatic carbocycles. The highest BCUT2D eigenvalue weighted by atomic mass is 19.4. The molecule has 0 aromatic rings. The maximum Gasteiger partial charge on any atom is 0.490 e. The second-order valence-corrected chi connectivity index (χ2v) is 8.57. The van der Waals surface area contributed by atoms with Gasteiger partial charge in [-0.15, -0.1) is 0 Å². The van der Waals surface area contributed by atoms with Gasteiger partial charge in [-0.25, -0.2) is 4.79 Å². The molecule has 0 unspecified atom stereocenters.